The zero-order chi connectivity index (χ0) is 16.9. The summed E-state index contributed by atoms with van der Waals surface area (Å²) in [6, 6.07) is 3.67. The summed E-state index contributed by atoms with van der Waals surface area (Å²) in [6.07, 6.45) is 6.27. The molecule has 0 aromatic carbocycles. The number of hydrogen-bond donors (Lipinski definition) is 1. The van der Waals surface area contributed by atoms with Crippen LogP contribution >= 0.6 is 11.8 Å². The molecule has 7 nitrogen and oxygen atoms in total. The summed E-state index contributed by atoms with van der Waals surface area (Å²) in [4.78, 5) is 13.7. The van der Waals surface area contributed by atoms with Crippen molar-refractivity contribution in [2.45, 2.75) is 37.8 Å². The third-order valence-corrected chi connectivity index (χ3v) is 4.57. The van der Waals surface area contributed by atoms with E-state index in [1.807, 2.05) is 6.07 Å². The van der Waals surface area contributed by atoms with Crippen LogP contribution < -0.4 is 4.90 Å². The van der Waals surface area contributed by atoms with Crippen molar-refractivity contribution in [2.75, 3.05) is 18.0 Å². The molecule has 0 saturated carbocycles. The molecule has 1 N–H and O–H groups in total. The van der Waals surface area contributed by atoms with Gasteiger partial charge in [-0.05, 0) is 30.7 Å². The molecule has 2 aromatic rings. The number of anilines is 1. The van der Waals surface area contributed by atoms with Gasteiger partial charge in [-0.25, -0.2) is 4.79 Å². The van der Waals surface area contributed by atoms with E-state index in [0.717, 1.165) is 43.6 Å². The van der Waals surface area contributed by atoms with Gasteiger partial charge in [-0.1, -0.05) is 12.8 Å². The van der Waals surface area contributed by atoms with Crippen LogP contribution in [0.1, 0.15) is 37.3 Å². The standard InChI is InChI=1S/C16H19N3O4S/c1-11-17-18-16(22-11)24-13(15(20)21)10-12-6-7-14(23-12)19-8-4-2-3-5-9-19/h6-7,10H,2-5,8-9H2,1H3,(H,20,21)/b13-10-. The van der Waals surface area contributed by atoms with Crippen LogP contribution in [0.25, 0.3) is 6.08 Å². The summed E-state index contributed by atoms with van der Waals surface area (Å²) < 4.78 is 11.0. The van der Waals surface area contributed by atoms with Gasteiger partial charge in [0.25, 0.3) is 5.22 Å². The molecule has 24 heavy (non-hydrogen) atoms. The van der Waals surface area contributed by atoms with Crippen LogP contribution in [-0.2, 0) is 4.79 Å². The first-order valence-corrected chi connectivity index (χ1v) is 8.71. The summed E-state index contributed by atoms with van der Waals surface area (Å²) in [5, 5.41) is 17.1. The lowest BCUT2D eigenvalue weighted by Crippen LogP contribution is -2.23. The van der Waals surface area contributed by atoms with Gasteiger partial charge in [0.1, 0.15) is 10.7 Å². The van der Waals surface area contributed by atoms with Gasteiger partial charge in [-0.3, -0.25) is 0 Å². The first kappa shape index (κ1) is 16.6. The number of aryl methyl sites for hydroxylation is 1. The van der Waals surface area contributed by atoms with Gasteiger partial charge in [0.2, 0.25) is 5.89 Å². The lowest BCUT2D eigenvalue weighted by atomic mass is 10.2. The molecule has 128 valence electrons. The number of hydrogen-bond acceptors (Lipinski definition) is 7. The molecule has 1 aliphatic rings. The smallest absolute Gasteiger partial charge is 0.342 e. The Kier molecular flexibility index (Phi) is 5.24. The van der Waals surface area contributed by atoms with Crippen molar-refractivity contribution in [1.29, 1.82) is 0 Å². The third kappa shape index (κ3) is 4.19. The Labute approximate surface area is 143 Å². The van der Waals surface area contributed by atoms with Crippen LogP contribution in [0.15, 0.2) is 31.1 Å². The van der Waals surface area contributed by atoms with Crippen LogP contribution in [0.5, 0.6) is 0 Å². The first-order chi connectivity index (χ1) is 11.6. The number of carboxylic acids is 1. The topological polar surface area (TPSA) is 92.6 Å². The second kappa shape index (κ2) is 7.57. The van der Waals surface area contributed by atoms with Crippen LogP contribution in [-0.4, -0.2) is 34.4 Å². The number of rotatable bonds is 5. The Hall–Kier alpha value is -2.22. The highest BCUT2D eigenvalue weighted by Crippen LogP contribution is 2.29. The van der Waals surface area contributed by atoms with E-state index in [2.05, 4.69) is 15.1 Å². The highest BCUT2D eigenvalue weighted by molar-refractivity contribution is 8.03. The second-order valence-electron chi connectivity index (χ2n) is 5.58. The fourth-order valence-corrected chi connectivity index (χ4v) is 3.25. The van der Waals surface area contributed by atoms with Gasteiger partial charge in [-0.2, -0.15) is 0 Å². The first-order valence-electron chi connectivity index (χ1n) is 7.89. The summed E-state index contributed by atoms with van der Waals surface area (Å²) in [5.74, 6) is 0.606. The van der Waals surface area contributed by atoms with E-state index in [1.54, 1.807) is 13.0 Å². The fourth-order valence-electron chi connectivity index (χ4n) is 2.56. The third-order valence-electron chi connectivity index (χ3n) is 3.72. The molecule has 0 atom stereocenters. The minimum atomic E-state index is -1.07. The Bertz CT molecular complexity index is 729. The molecule has 0 bridgehead atoms. The molecule has 0 amide bonds. The van der Waals surface area contributed by atoms with Crippen molar-refractivity contribution in [3.63, 3.8) is 0 Å². The molecular formula is C16H19N3O4S. The van der Waals surface area contributed by atoms with E-state index in [9.17, 15) is 9.90 Å². The zero-order valence-corrected chi connectivity index (χ0v) is 14.2. The molecule has 0 spiro atoms. The average Bonchev–Trinajstić information content (AvgIpc) is 3.08. The molecule has 1 aliphatic heterocycles. The number of furan rings is 1. The van der Waals surface area contributed by atoms with Crippen molar-refractivity contribution < 1.29 is 18.7 Å². The number of carboxylic acid groups (broad SMARTS) is 1. The van der Waals surface area contributed by atoms with Crippen molar-refractivity contribution >= 4 is 29.7 Å². The molecule has 0 unspecified atom stereocenters. The van der Waals surface area contributed by atoms with Crippen LogP contribution in [0, 0.1) is 6.92 Å². The van der Waals surface area contributed by atoms with Gasteiger partial charge in [-0.15, -0.1) is 10.2 Å². The predicted octanol–water partition coefficient (Wildman–Crippen LogP) is 3.57. The highest BCUT2D eigenvalue weighted by atomic mass is 32.2. The maximum atomic E-state index is 11.4. The number of aliphatic carboxylic acids is 1. The van der Waals surface area contributed by atoms with Gasteiger partial charge in [0, 0.05) is 32.2 Å². The Balaban J connectivity index is 1.76. The largest absolute Gasteiger partial charge is 0.477 e. The van der Waals surface area contributed by atoms with Crippen molar-refractivity contribution in [3.05, 3.63) is 28.7 Å². The predicted molar refractivity (Wildman–Crippen MR) is 89.9 cm³/mol. The van der Waals surface area contributed by atoms with E-state index in [1.165, 1.54) is 18.9 Å². The Morgan fingerprint density at radius 3 is 2.58 bits per heavy atom. The SMILES string of the molecule is Cc1nnc(S/C(=C\c2ccc(N3CCCCCC3)o2)C(=O)O)o1. The summed E-state index contributed by atoms with van der Waals surface area (Å²) in [6.45, 7) is 3.60. The molecular weight excluding hydrogens is 330 g/mol. The monoisotopic (exact) mass is 349 g/mol. The maximum absolute atomic E-state index is 11.4. The second-order valence-corrected chi connectivity index (χ2v) is 6.57. The van der Waals surface area contributed by atoms with E-state index in [4.69, 9.17) is 8.83 Å². The molecule has 8 heteroatoms. The Morgan fingerprint density at radius 1 is 1.21 bits per heavy atom. The average molecular weight is 349 g/mol. The number of aromatic nitrogens is 2. The minimum Gasteiger partial charge on any atom is -0.477 e. The molecule has 1 saturated heterocycles. The Morgan fingerprint density at radius 2 is 1.96 bits per heavy atom. The van der Waals surface area contributed by atoms with Crippen LogP contribution in [0.3, 0.4) is 0 Å². The van der Waals surface area contributed by atoms with Crippen molar-refractivity contribution in [3.8, 4) is 0 Å². The zero-order valence-electron chi connectivity index (χ0n) is 13.4. The normalized spacial score (nSPS) is 16.2. The molecule has 0 aliphatic carbocycles. The molecule has 1 fully saturated rings. The summed E-state index contributed by atoms with van der Waals surface area (Å²) in [5.41, 5.74) is 0. The minimum absolute atomic E-state index is 0.0652. The number of carbonyl (C=O) groups is 1. The van der Waals surface area contributed by atoms with E-state index >= 15 is 0 Å². The van der Waals surface area contributed by atoms with Crippen LogP contribution in [0.2, 0.25) is 0 Å². The van der Waals surface area contributed by atoms with Gasteiger partial charge < -0.3 is 18.8 Å². The summed E-state index contributed by atoms with van der Waals surface area (Å²) in [7, 11) is 0. The number of nitrogens with zero attached hydrogens (tertiary/aromatic N) is 3. The number of thioether (sulfide) groups is 1. The lowest BCUT2D eigenvalue weighted by Gasteiger charge is -2.18. The van der Waals surface area contributed by atoms with E-state index < -0.39 is 5.97 Å². The van der Waals surface area contributed by atoms with Gasteiger partial charge in [0.05, 0.1) is 0 Å². The maximum Gasteiger partial charge on any atom is 0.342 e. The highest BCUT2D eigenvalue weighted by Gasteiger charge is 2.17. The van der Waals surface area contributed by atoms with Gasteiger partial charge in [0.15, 0.2) is 5.88 Å². The van der Waals surface area contributed by atoms with Crippen LogP contribution in [0.4, 0.5) is 5.88 Å². The van der Waals surface area contributed by atoms with Gasteiger partial charge >= 0.3 is 5.97 Å². The van der Waals surface area contributed by atoms with E-state index in [0.29, 0.717) is 11.7 Å². The fraction of sp³-hybridized carbons (Fsp3) is 0.438. The quantitative estimate of drug-likeness (QED) is 0.647. The summed E-state index contributed by atoms with van der Waals surface area (Å²) >= 11 is 0.908. The molecule has 0 radical (unpaired) electrons. The molecule has 3 rings (SSSR count). The van der Waals surface area contributed by atoms with Crippen molar-refractivity contribution in [2.24, 2.45) is 0 Å². The van der Waals surface area contributed by atoms with Crippen molar-refractivity contribution in [1.82, 2.24) is 10.2 Å². The lowest BCUT2D eigenvalue weighted by molar-refractivity contribution is -0.131. The van der Waals surface area contributed by atoms with E-state index in [-0.39, 0.29) is 10.1 Å². The molecule has 2 aromatic heterocycles. The molecule has 3 heterocycles.